The zero-order valence-corrected chi connectivity index (χ0v) is 14.0. The van der Waals surface area contributed by atoms with Crippen LogP contribution in [0.1, 0.15) is 47.9 Å². The maximum absolute atomic E-state index is 12.4. The van der Waals surface area contributed by atoms with Crippen molar-refractivity contribution in [3.8, 4) is 0 Å². The molecule has 126 valence electrons. The Labute approximate surface area is 140 Å². The first-order chi connectivity index (χ1) is 11.7. The molecule has 1 aliphatic carbocycles. The van der Waals surface area contributed by atoms with Gasteiger partial charge in [0.25, 0.3) is 0 Å². The van der Waals surface area contributed by atoms with Crippen molar-refractivity contribution in [3.05, 3.63) is 34.9 Å². The Morgan fingerprint density at radius 1 is 1.29 bits per heavy atom. The SMILES string of the molecule is Cc1nc(CNC(=O)C2CCc3ncnn3C2)nc2c1CCCC2. The molecule has 0 saturated heterocycles. The highest BCUT2D eigenvalue weighted by atomic mass is 16.1. The summed E-state index contributed by atoms with van der Waals surface area (Å²) in [5, 5.41) is 7.17. The molecule has 1 N–H and O–H groups in total. The summed E-state index contributed by atoms with van der Waals surface area (Å²) in [6.45, 7) is 3.05. The number of aryl methyl sites for hydroxylation is 3. The predicted octanol–water partition coefficient (Wildman–Crippen LogP) is 1.13. The third kappa shape index (κ3) is 2.90. The first kappa shape index (κ1) is 15.2. The van der Waals surface area contributed by atoms with Gasteiger partial charge in [-0.25, -0.2) is 19.6 Å². The molecular formula is C17H22N6O. The normalized spacial score (nSPS) is 19.5. The number of amides is 1. The van der Waals surface area contributed by atoms with Gasteiger partial charge in [-0.05, 0) is 44.6 Å². The first-order valence-corrected chi connectivity index (χ1v) is 8.70. The van der Waals surface area contributed by atoms with Crippen molar-refractivity contribution >= 4 is 5.91 Å². The minimum Gasteiger partial charge on any atom is -0.349 e. The van der Waals surface area contributed by atoms with Crippen LogP contribution < -0.4 is 5.32 Å². The molecular weight excluding hydrogens is 304 g/mol. The van der Waals surface area contributed by atoms with E-state index < -0.39 is 0 Å². The molecule has 7 nitrogen and oxygen atoms in total. The van der Waals surface area contributed by atoms with Crippen LogP contribution in [0.4, 0.5) is 0 Å². The molecule has 0 spiro atoms. The van der Waals surface area contributed by atoms with Crippen molar-refractivity contribution in [2.75, 3.05) is 0 Å². The molecule has 4 rings (SSSR count). The van der Waals surface area contributed by atoms with Crippen LogP contribution in [-0.2, 0) is 37.1 Å². The number of fused-ring (bicyclic) bond motifs is 2. The van der Waals surface area contributed by atoms with E-state index in [1.54, 1.807) is 6.33 Å². The Balaban J connectivity index is 1.40. The lowest BCUT2D eigenvalue weighted by atomic mass is 9.95. The van der Waals surface area contributed by atoms with Gasteiger partial charge in [0.2, 0.25) is 5.91 Å². The molecule has 1 amide bonds. The van der Waals surface area contributed by atoms with Gasteiger partial charge in [0.15, 0.2) is 0 Å². The summed E-state index contributed by atoms with van der Waals surface area (Å²) in [5.74, 6) is 1.68. The van der Waals surface area contributed by atoms with Gasteiger partial charge in [0.05, 0.1) is 19.0 Å². The van der Waals surface area contributed by atoms with Crippen LogP contribution in [0.5, 0.6) is 0 Å². The van der Waals surface area contributed by atoms with Crippen LogP contribution in [0.2, 0.25) is 0 Å². The van der Waals surface area contributed by atoms with Crippen LogP contribution in [0.15, 0.2) is 6.33 Å². The van der Waals surface area contributed by atoms with Gasteiger partial charge in [-0.2, -0.15) is 5.10 Å². The van der Waals surface area contributed by atoms with E-state index in [2.05, 4.69) is 25.4 Å². The Kier molecular flexibility index (Phi) is 4.00. The highest BCUT2D eigenvalue weighted by Crippen LogP contribution is 2.22. The monoisotopic (exact) mass is 326 g/mol. The van der Waals surface area contributed by atoms with Gasteiger partial charge in [-0.15, -0.1) is 0 Å². The van der Waals surface area contributed by atoms with Crippen molar-refractivity contribution in [2.24, 2.45) is 5.92 Å². The molecule has 1 unspecified atom stereocenters. The van der Waals surface area contributed by atoms with Crippen LogP contribution in [0.25, 0.3) is 0 Å². The summed E-state index contributed by atoms with van der Waals surface area (Å²) in [6, 6.07) is 0. The Morgan fingerprint density at radius 2 is 2.17 bits per heavy atom. The van der Waals surface area contributed by atoms with E-state index in [1.807, 2.05) is 11.6 Å². The number of aromatic nitrogens is 5. The number of nitrogens with one attached hydrogen (secondary N) is 1. The van der Waals surface area contributed by atoms with Crippen LogP contribution in [-0.4, -0.2) is 30.6 Å². The van der Waals surface area contributed by atoms with E-state index in [9.17, 15) is 4.79 Å². The van der Waals surface area contributed by atoms with E-state index in [-0.39, 0.29) is 11.8 Å². The van der Waals surface area contributed by atoms with Crippen molar-refractivity contribution in [1.82, 2.24) is 30.0 Å². The third-order valence-electron chi connectivity index (χ3n) is 5.03. The summed E-state index contributed by atoms with van der Waals surface area (Å²) in [4.78, 5) is 25.9. The largest absolute Gasteiger partial charge is 0.349 e. The lowest BCUT2D eigenvalue weighted by molar-refractivity contribution is -0.126. The van der Waals surface area contributed by atoms with Crippen molar-refractivity contribution in [3.63, 3.8) is 0 Å². The van der Waals surface area contributed by atoms with E-state index >= 15 is 0 Å². The molecule has 7 heteroatoms. The fraction of sp³-hybridized carbons (Fsp3) is 0.588. The molecule has 1 atom stereocenters. The molecule has 2 aromatic rings. The number of hydrogen-bond donors (Lipinski definition) is 1. The predicted molar refractivity (Wildman–Crippen MR) is 87.1 cm³/mol. The van der Waals surface area contributed by atoms with Crippen LogP contribution in [0, 0.1) is 12.8 Å². The number of nitrogens with zero attached hydrogens (tertiary/aromatic N) is 5. The topological polar surface area (TPSA) is 85.6 Å². The zero-order chi connectivity index (χ0) is 16.5. The summed E-state index contributed by atoms with van der Waals surface area (Å²) >= 11 is 0. The molecule has 3 heterocycles. The highest BCUT2D eigenvalue weighted by Gasteiger charge is 2.26. The van der Waals surface area contributed by atoms with Crippen LogP contribution >= 0.6 is 0 Å². The van der Waals surface area contributed by atoms with Gasteiger partial charge < -0.3 is 5.32 Å². The summed E-state index contributed by atoms with van der Waals surface area (Å²) in [5.41, 5.74) is 3.54. The standard InChI is InChI=1S/C17H22N6O/c1-11-13-4-2-3-5-14(13)22-15(21-11)8-18-17(24)12-6-7-16-19-10-20-23(16)9-12/h10,12H,2-9H2,1H3,(H,18,24). The summed E-state index contributed by atoms with van der Waals surface area (Å²) < 4.78 is 1.83. The second-order valence-electron chi connectivity index (χ2n) is 6.67. The third-order valence-corrected chi connectivity index (χ3v) is 5.03. The van der Waals surface area contributed by atoms with Crippen LogP contribution in [0.3, 0.4) is 0 Å². The minimum absolute atomic E-state index is 0.0510. The average Bonchev–Trinajstić information content (AvgIpc) is 3.07. The lowest BCUT2D eigenvalue weighted by Crippen LogP contribution is -2.36. The van der Waals surface area contributed by atoms with E-state index in [4.69, 9.17) is 0 Å². The Hall–Kier alpha value is -2.31. The minimum atomic E-state index is -0.0575. The fourth-order valence-electron chi connectivity index (χ4n) is 3.69. The zero-order valence-electron chi connectivity index (χ0n) is 14.0. The fourth-order valence-corrected chi connectivity index (χ4v) is 3.69. The van der Waals surface area contributed by atoms with E-state index in [0.29, 0.717) is 13.1 Å². The Bertz CT molecular complexity index is 768. The maximum atomic E-state index is 12.4. The maximum Gasteiger partial charge on any atom is 0.225 e. The number of carbonyl (C=O) groups is 1. The first-order valence-electron chi connectivity index (χ1n) is 8.70. The second-order valence-corrected chi connectivity index (χ2v) is 6.67. The molecule has 24 heavy (non-hydrogen) atoms. The molecule has 0 radical (unpaired) electrons. The number of rotatable bonds is 3. The molecule has 2 aromatic heterocycles. The molecule has 1 aliphatic heterocycles. The summed E-state index contributed by atoms with van der Waals surface area (Å²) in [6.07, 6.45) is 7.69. The van der Waals surface area contributed by atoms with E-state index in [0.717, 1.165) is 43.0 Å². The molecule has 2 aliphatic rings. The van der Waals surface area contributed by atoms with Gasteiger partial charge in [0, 0.05) is 17.8 Å². The van der Waals surface area contributed by atoms with Gasteiger partial charge >= 0.3 is 0 Å². The van der Waals surface area contributed by atoms with Crippen molar-refractivity contribution < 1.29 is 4.79 Å². The molecule has 0 bridgehead atoms. The quantitative estimate of drug-likeness (QED) is 0.914. The molecule has 0 fully saturated rings. The van der Waals surface area contributed by atoms with E-state index in [1.165, 1.54) is 24.1 Å². The van der Waals surface area contributed by atoms with Crippen molar-refractivity contribution in [1.29, 1.82) is 0 Å². The van der Waals surface area contributed by atoms with Gasteiger partial charge in [0.1, 0.15) is 18.0 Å². The molecule has 0 aromatic carbocycles. The second kappa shape index (κ2) is 6.30. The Morgan fingerprint density at radius 3 is 3.08 bits per heavy atom. The summed E-state index contributed by atoms with van der Waals surface area (Å²) in [7, 11) is 0. The lowest BCUT2D eigenvalue weighted by Gasteiger charge is -2.22. The highest BCUT2D eigenvalue weighted by molar-refractivity contribution is 5.78. The average molecular weight is 326 g/mol. The number of carbonyl (C=O) groups excluding carboxylic acids is 1. The van der Waals surface area contributed by atoms with Gasteiger partial charge in [-0.1, -0.05) is 0 Å². The van der Waals surface area contributed by atoms with Gasteiger partial charge in [-0.3, -0.25) is 4.79 Å². The van der Waals surface area contributed by atoms with Crippen molar-refractivity contribution in [2.45, 2.75) is 58.5 Å². The smallest absolute Gasteiger partial charge is 0.225 e. The molecule has 0 saturated carbocycles. The number of hydrogen-bond acceptors (Lipinski definition) is 5.